The molecular formula is C69H45N7Si. The number of fused-ring (bicyclic) bond motifs is 12. The summed E-state index contributed by atoms with van der Waals surface area (Å²) in [4.78, 5) is 16.7. The largest absolute Gasteiger partial charge is 0.309 e. The molecule has 0 fully saturated rings. The van der Waals surface area contributed by atoms with Gasteiger partial charge in [0, 0.05) is 60.0 Å². The molecule has 0 unspecified atom stereocenters. The minimum absolute atomic E-state index is 0.541. The zero-order valence-corrected chi connectivity index (χ0v) is 42.8. The summed E-state index contributed by atoms with van der Waals surface area (Å²) >= 11 is 0. The molecule has 0 aliphatic rings. The maximum absolute atomic E-state index is 5.61. The smallest absolute Gasteiger partial charge is 0.240 e. The first-order valence-electron chi connectivity index (χ1n) is 26.2. The fourth-order valence-corrected chi connectivity index (χ4v) is 15.5. The number of nitrogens with zero attached hydrogens (tertiary/aromatic N) is 7. The van der Waals surface area contributed by atoms with Gasteiger partial charge in [-0.3, -0.25) is 9.13 Å². The Morgan fingerprint density at radius 1 is 0.234 bits per heavy atom. The third-order valence-electron chi connectivity index (χ3n) is 15.7. The highest BCUT2D eigenvalue weighted by Crippen LogP contribution is 2.39. The van der Waals surface area contributed by atoms with E-state index in [1.54, 1.807) is 0 Å². The van der Waals surface area contributed by atoms with Crippen molar-refractivity contribution in [2.24, 2.45) is 0 Å². The fourth-order valence-electron chi connectivity index (χ4n) is 12.4. The van der Waals surface area contributed by atoms with Crippen molar-refractivity contribution in [1.29, 1.82) is 0 Å². The number of hydrogen-bond donors (Lipinski definition) is 0. The van der Waals surface area contributed by atoms with Crippen LogP contribution in [-0.4, -0.2) is 42.0 Å². The molecule has 360 valence electrons. The molecule has 16 rings (SSSR count). The van der Waals surface area contributed by atoms with Gasteiger partial charge in [-0.1, -0.05) is 210 Å². The quantitative estimate of drug-likeness (QED) is 0.113. The molecule has 0 saturated carbocycles. The van der Waals surface area contributed by atoms with Crippen LogP contribution in [0.15, 0.2) is 267 Å². The van der Waals surface area contributed by atoms with Crippen molar-refractivity contribution >= 4 is 112 Å². The zero-order chi connectivity index (χ0) is 50.6. The van der Waals surface area contributed by atoms with E-state index in [9.17, 15) is 0 Å². The second-order valence-corrected chi connectivity index (χ2v) is 22.9. The van der Waals surface area contributed by atoms with E-state index in [2.05, 4.69) is 285 Å². The van der Waals surface area contributed by atoms with E-state index < -0.39 is 8.80 Å². The predicted octanol–water partition coefficient (Wildman–Crippen LogP) is 14.2. The Kier molecular flexibility index (Phi) is 9.67. The summed E-state index contributed by atoms with van der Waals surface area (Å²) in [6, 6.07) is 96.5. The number of hydrogen-bond acceptors (Lipinski definition) is 3. The van der Waals surface area contributed by atoms with Crippen LogP contribution >= 0.6 is 0 Å². The Morgan fingerprint density at radius 2 is 0.558 bits per heavy atom. The minimum atomic E-state index is -1.92. The molecule has 5 aromatic heterocycles. The van der Waals surface area contributed by atoms with E-state index in [-0.39, 0.29) is 0 Å². The van der Waals surface area contributed by atoms with Crippen molar-refractivity contribution < 1.29 is 0 Å². The lowest BCUT2D eigenvalue weighted by Crippen LogP contribution is -2.51. The van der Waals surface area contributed by atoms with Gasteiger partial charge >= 0.3 is 0 Å². The van der Waals surface area contributed by atoms with E-state index >= 15 is 0 Å². The van der Waals surface area contributed by atoms with Gasteiger partial charge in [0.25, 0.3) is 0 Å². The van der Waals surface area contributed by atoms with Crippen molar-refractivity contribution in [3.63, 3.8) is 0 Å². The Morgan fingerprint density at radius 3 is 0.961 bits per heavy atom. The molecule has 8 heteroatoms. The molecule has 0 N–H and O–H groups in total. The number of para-hydroxylation sites is 6. The van der Waals surface area contributed by atoms with Crippen molar-refractivity contribution in [3.05, 3.63) is 267 Å². The van der Waals surface area contributed by atoms with Crippen LogP contribution in [0.3, 0.4) is 0 Å². The average Bonchev–Trinajstić information content (AvgIpc) is 4.23. The summed E-state index contributed by atoms with van der Waals surface area (Å²) in [5.41, 5.74) is 11.8. The third kappa shape index (κ3) is 6.72. The lowest BCUT2D eigenvalue weighted by molar-refractivity contribution is 0.893. The third-order valence-corrected chi connectivity index (χ3v) is 18.9. The highest BCUT2D eigenvalue weighted by atomic mass is 28.3. The molecule has 0 aliphatic heterocycles. The molecule has 0 aliphatic carbocycles. The maximum Gasteiger partial charge on any atom is 0.240 e. The molecule has 0 radical (unpaired) electrons. The van der Waals surface area contributed by atoms with Crippen LogP contribution in [0.2, 0.25) is 0 Å². The lowest BCUT2D eigenvalue weighted by Gasteiger charge is -2.18. The van der Waals surface area contributed by atoms with Gasteiger partial charge in [-0.05, 0) is 72.8 Å². The van der Waals surface area contributed by atoms with Crippen LogP contribution < -0.4 is 15.6 Å². The van der Waals surface area contributed by atoms with E-state index in [1.165, 1.54) is 59.2 Å². The summed E-state index contributed by atoms with van der Waals surface area (Å²) < 4.78 is 9.24. The minimum Gasteiger partial charge on any atom is -0.309 e. The van der Waals surface area contributed by atoms with Gasteiger partial charge in [-0.15, -0.1) is 0 Å². The maximum atomic E-state index is 5.61. The van der Waals surface area contributed by atoms with Crippen molar-refractivity contribution in [2.45, 2.75) is 0 Å². The first kappa shape index (κ1) is 43.3. The topological polar surface area (TPSA) is 58.4 Å². The lowest BCUT2D eigenvalue weighted by atomic mass is 10.1. The highest BCUT2D eigenvalue weighted by molar-refractivity contribution is 6.95. The Balaban J connectivity index is 0.944. The van der Waals surface area contributed by atoms with Gasteiger partial charge in [0.1, 0.15) is 8.80 Å². The SMILES string of the molecule is c1ccc([SiH](c2ccccc2)c2cccc(-c3nc(-n4c5ccccc5c5cc(-n6c7ccccc7c7ccccc76)ccc54)nc(-n4c5ccccc5c5cc(-n6c7ccccc7c7ccccc76)ccc54)n3)c2)cc1. The number of aromatic nitrogens is 7. The van der Waals surface area contributed by atoms with E-state index in [0.29, 0.717) is 17.7 Å². The molecule has 0 spiro atoms. The van der Waals surface area contributed by atoms with Crippen molar-refractivity contribution in [2.75, 3.05) is 0 Å². The average molecular weight is 1000 g/mol. The second-order valence-electron chi connectivity index (χ2n) is 20.0. The molecule has 11 aromatic carbocycles. The van der Waals surface area contributed by atoms with Crippen LogP contribution in [0.25, 0.3) is 122 Å². The van der Waals surface area contributed by atoms with E-state index in [0.717, 1.165) is 60.5 Å². The van der Waals surface area contributed by atoms with Crippen LogP contribution in [0.1, 0.15) is 0 Å². The van der Waals surface area contributed by atoms with Gasteiger partial charge in [-0.25, -0.2) is 0 Å². The van der Waals surface area contributed by atoms with Gasteiger partial charge in [-0.2, -0.15) is 15.0 Å². The molecule has 0 atom stereocenters. The molecule has 0 bridgehead atoms. The monoisotopic (exact) mass is 999 g/mol. The molecule has 0 saturated heterocycles. The molecule has 7 nitrogen and oxygen atoms in total. The standard InChI is InChI=1S/C69H45N7Si/c1-3-21-48(22-4-1)77(49-23-5-2-6-24-49)50-25-19-20-45(42-50)67-70-68(75-63-36-17-11-30-55(63)57-43-46(38-40-65(57)75)73-59-32-13-7-26-51(59)52-27-8-14-33-60(52)73)72-69(71-67)76-64-37-18-12-31-56(64)58-44-47(39-41-66(58)76)74-61-34-15-9-28-53(61)54-29-10-16-35-62(54)74/h1-44,77H. The van der Waals surface area contributed by atoms with Crippen molar-refractivity contribution in [3.8, 4) is 34.7 Å². The Hall–Kier alpha value is -10.2. The summed E-state index contributed by atoms with van der Waals surface area (Å²) in [6.45, 7) is 0. The molecule has 5 heterocycles. The van der Waals surface area contributed by atoms with Crippen LogP contribution in [0, 0.1) is 0 Å². The Bertz CT molecular complexity index is 4610. The zero-order valence-electron chi connectivity index (χ0n) is 41.6. The number of rotatable bonds is 8. The molecule has 0 amide bonds. The summed E-state index contributed by atoms with van der Waals surface area (Å²) in [7, 11) is -1.92. The van der Waals surface area contributed by atoms with Crippen molar-refractivity contribution in [1.82, 2.24) is 33.2 Å². The highest BCUT2D eigenvalue weighted by Gasteiger charge is 2.25. The van der Waals surface area contributed by atoms with Gasteiger partial charge in [0.15, 0.2) is 5.82 Å². The molecular weight excluding hydrogens is 955 g/mol. The normalized spacial score (nSPS) is 12.0. The number of benzene rings is 11. The van der Waals surface area contributed by atoms with Gasteiger partial charge in [0.05, 0.1) is 44.1 Å². The second kappa shape index (κ2) is 17.2. The van der Waals surface area contributed by atoms with Crippen LogP contribution in [0.5, 0.6) is 0 Å². The van der Waals surface area contributed by atoms with E-state index in [1.807, 2.05) is 0 Å². The Labute approximate surface area is 444 Å². The first-order valence-corrected chi connectivity index (χ1v) is 28.0. The molecule has 77 heavy (non-hydrogen) atoms. The van der Waals surface area contributed by atoms with Gasteiger partial charge in [0.2, 0.25) is 11.9 Å². The fraction of sp³-hybridized carbons (Fsp3) is 0. The van der Waals surface area contributed by atoms with Crippen LogP contribution in [-0.2, 0) is 0 Å². The summed E-state index contributed by atoms with van der Waals surface area (Å²) in [5, 5.41) is 13.4. The molecule has 16 aromatic rings. The van der Waals surface area contributed by atoms with E-state index in [4.69, 9.17) is 15.0 Å². The van der Waals surface area contributed by atoms with Gasteiger partial charge < -0.3 is 9.13 Å². The summed E-state index contributed by atoms with van der Waals surface area (Å²) in [5.74, 6) is 1.68. The summed E-state index contributed by atoms with van der Waals surface area (Å²) in [6.07, 6.45) is 0. The first-order chi connectivity index (χ1) is 38.2. The van der Waals surface area contributed by atoms with Crippen LogP contribution in [0.4, 0.5) is 0 Å². The predicted molar refractivity (Wildman–Crippen MR) is 322 cm³/mol.